The molecule has 2 aliphatic rings. The third-order valence-electron chi connectivity index (χ3n) is 5.87. The van der Waals surface area contributed by atoms with E-state index in [2.05, 4.69) is 34.7 Å². The Hall–Kier alpha value is -1.32. The highest BCUT2D eigenvalue weighted by atomic mass is 16.3. The van der Waals surface area contributed by atoms with E-state index in [-0.39, 0.29) is 0 Å². The highest BCUT2D eigenvalue weighted by molar-refractivity contribution is 5.84. The molecule has 0 radical (unpaired) electrons. The van der Waals surface area contributed by atoms with Gasteiger partial charge in [0, 0.05) is 23.1 Å². The molecular weight excluding hydrogens is 284 g/mol. The first-order chi connectivity index (χ1) is 11.2. The van der Waals surface area contributed by atoms with E-state index in [9.17, 15) is 5.11 Å². The summed E-state index contributed by atoms with van der Waals surface area (Å²) in [7, 11) is 0. The lowest BCUT2D eigenvalue weighted by Gasteiger charge is -2.21. The number of hydrogen-bond donors (Lipinski definition) is 3. The number of rotatable bonds is 5. The molecule has 1 atom stereocenters. The Morgan fingerprint density at radius 3 is 2.83 bits per heavy atom. The molecule has 1 aliphatic carbocycles. The molecule has 1 saturated heterocycles. The zero-order valence-corrected chi connectivity index (χ0v) is 13.9. The largest absolute Gasteiger partial charge is 0.390 e. The fourth-order valence-corrected chi connectivity index (χ4v) is 4.41. The van der Waals surface area contributed by atoms with Crippen molar-refractivity contribution in [3.8, 4) is 0 Å². The molecule has 2 fully saturated rings. The molecule has 1 aromatic heterocycles. The Labute approximate surface area is 138 Å². The Kier molecular flexibility index (Phi) is 4.16. The van der Waals surface area contributed by atoms with Crippen molar-refractivity contribution in [1.29, 1.82) is 0 Å². The molecule has 1 aliphatic heterocycles. The van der Waals surface area contributed by atoms with Gasteiger partial charge >= 0.3 is 0 Å². The van der Waals surface area contributed by atoms with Gasteiger partial charge in [-0.1, -0.05) is 18.9 Å². The van der Waals surface area contributed by atoms with Gasteiger partial charge in [0.15, 0.2) is 0 Å². The minimum Gasteiger partial charge on any atom is -0.390 e. The van der Waals surface area contributed by atoms with E-state index in [4.69, 9.17) is 0 Å². The second-order valence-corrected chi connectivity index (χ2v) is 7.62. The van der Waals surface area contributed by atoms with Crippen LogP contribution in [0.1, 0.15) is 56.1 Å². The first-order valence-electron chi connectivity index (χ1n) is 9.27. The second kappa shape index (κ2) is 6.29. The van der Waals surface area contributed by atoms with Crippen LogP contribution in [0.5, 0.6) is 0 Å². The van der Waals surface area contributed by atoms with E-state index in [1.807, 2.05) is 0 Å². The predicted octanol–water partition coefficient (Wildman–Crippen LogP) is 3.70. The van der Waals surface area contributed by atoms with Crippen LogP contribution in [0.25, 0.3) is 10.9 Å². The Morgan fingerprint density at radius 2 is 2.04 bits per heavy atom. The maximum atomic E-state index is 10.6. The average molecular weight is 312 g/mol. The maximum absolute atomic E-state index is 10.6. The molecule has 23 heavy (non-hydrogen) atoms. The van der Waals surface area contributed by atoms with Crippen molar-refractivity contribution in [3.63, 3.8) is 0 Å². The van der Waals surface area contributed by atoms with Gasteiger partial charge in [-0.25, -0.2) is 0 Å². The van der Waals surface area contributed by atoms with Gasteiger partial charge < -0.3 is 15.4 Å². The number of aromatic nitrogens is 1. The summed E-state index contributed by atoms with van der Waals surface area (Å²) in [5.74, 6) is 0. The van der Waals surface area contributed by atoms with Crippen molar-refractivity contribution < 1.29 is 5.11 Å². The minimum absolute atomic E-state index is 0.399. The van der Waals surface area contributed by atoms with E-state index in [1.165, 1.54) is 47.7 Å². The topological polar surface area (TPSA) is 48.0 Å². The molecule has 3 nitrogen and oxygen atoms in total. The van der Waals surface area contributed by atoms with E-state index >= 15 is 0 Å². The van der Waals surface area contributed by atoms with Crippen LogP contribution in [0, 0.1) is 0 Å². The summed E-state index contributed by atoms with van der Waals surface area (Å²) in [6, 6.07) is 7.40. The monoisotopic (exact) mass is 312 g/mol. The standard InChI is InChI=1S/C20H28N2O/c23-20(8-1-2-9-20)10-7-15-5-6-19-18(12-15)16(14-22-19)13-17-4-3-11-21-17/h5-6,12,14,17,21-23H,1-4,7-11,13H2. The van der Waals surface area contributed by atoms with E-state index in [1.54, 1.807) is 0 Å². The Balaban J connectivity index is 1.49. The molecule has 3 heteroatoms. The molecule has 1 saturated carbocycles. The third-order valence-corrected chi connectivity index (χ3v) is 5.87. The second-order valence-electron chi connectivity index (χ2n) is 7.62. The lowest BCUT2D eigenvalue weighted by molar-refractivity contribution is 0.0391. The van der Waals surface area contributed by atoms with E-state index in [0.29, 0.717) is 6.04 Å². The Morgan fingerprint density at radius 1 is 1.17 bits per heavy atom. The van der Waals surface area contributed by atoms with Crippen molar-refractivity contribution in [1.82, 2.24) is 10.3 Å². The first kappa shape index (κ1) is 15.2. The van der Waals surface area contributed by atoms with Gasteiger partial charge in [0.2, 0.25) is 0 Å². The third kappa shape index (κ3) is 3.31. The molecule has 0 bridgehead atoms. The van der Waals surface area contributed by atoms with E-state index in [0.717, 1.165) is 38.6 Å². The molecule has 3 N–H and O–H groups in total. The van der Waals surface area contributed by atoms with Gasteiger partial charge in [-0.2, -0.15) is 0 Å². The van der Waals surface area contributed by atoms with Crippen LogP contribution in [0.15, 0.2) is 24.4 Å². The number of hydrogen-bond acceptors (Lipinski definition) is 2. The van der Waals surface area contributed by atoms with Crippen LogP contribution in [-0.2, 0) is 12.8 Å². The van der Waals surface area contributed by atoms with Crippen molar-refractivity contribution in [2.45, 2.75) is 69.4 Å². The van der Waals surface area contributed by atoms with Crippen LogP contribution in [0.2, 0.25) is 0 Å². The molecule has 2 heterocycles. The van der Waals surface area contributed by atoms with Crippen LogP contribution in [0.3, 0.4) is 0 Å². The van der Waals surface area contributed by atoms with Gasteiger partial charge in [0.05, 0.1) is 5.60 Å². The number of benzene rings is 1. The normalized spacial score (nSPS) is 23.8. The van der Waals surface area contributed by atoms with Gasteiger partial charge in [-0.15, -0.1) is 0 Å². The molecule has 4 rings (SSSR count). The van der Waals surface area contributed by atoms with Gasteiger partial charge in [0.25, 0.3) is 0 Å². The van der Waals surface area contributed by atoms with Crippen LogP contribution < -0.4 is 5.32 Å². The number of nitrogens with one attached hydrogen (secondary N) is 2. The summed E-state index contributed by atoms with van der Waals surface area (Å²) in [5, 5.41) is 15.5. The molecular formula is C20H28N2O. The van der Waals surface area contributed by atoms with Crippen molar-refractivity contribution in [3.05, 3.63) is 35.5 Å². The number of aromatic amines is 1. The maximum Gasteiger partial charge on any atom is 0.0651 e. The molecule has 124 valence electrons. The van der Waals surface area contributed by atoms with Crippen molar-refractivity contribution in [2.75, 3.05) is 6.54 Å². The summed E-state index contributed by atoms with van der Waals surface area (Å²) in [5.41, 5.74) is 3.63. The van der Waals surface area contributed by atoms with Crippen molar-refractivity contribution >= 4 is 10.9 Å². The minimum atomic E-state index is -0.399. The fourth-order valence-electron chi connectivity index (χ4n) is 4.41. The van der Waals surface area contributed by atoms with Gasteiger partial charge in [-0.3, -0.25) is 0 Å². The molecule has 2 aromatic rings. The summed E-state index contributed by atoms with van der Waals surface area (Å²) >= 11 is 0. The SMILES string of the molecule is OC1(CCc2ccc3[nH]cc(CC4CCCN4)c3c2)CCCC1. The summed E-state index contributed by atoms with van der Waals surface area (Å²) in [6.45, 7) is 1.16. The number of aliphatic hydroxyl groups is 1. The lowest BCUT2D eigenvalue weighted by atomic mass is 9.92. The van der Waals surface area contributed by atoms with Crippen LogP contribution >= 0.6 is 0 Å². The smallest absolute Gasteiger partial charge is 0.0651 e. The van der Waals surface area contributed by atoms with Gasteiger partial charge in [-0.05, 0) is 74.8 Å². The summed E-state index contributed by atoms with van der Waals surface area (Å²) in [6.07, 6.45) is 12.1. The molecule has 0 spiro atoms. The number of H-pyrrole nitrogens is 1. The number of aryl methyl sites for hydroxylation is 1. The number of fused-ring (bicyclic) bond motifs is 1. The molecule has 0 amide bonds. The highest BCUT2D eigenvalue weighted by Gasteiger charge is 2.30. The Bertz CT molecular complexity index is 663. The first-order valence-corrected chi connectivity index (χ1v) is 9.27. The van der Waals surface area contributed by atoms with Crippen LogP contribution in [-0.4, -0.2) is 28.3 Å². The average Bonchev–Trinajstić information content (AvgIpc) is 3.29. The predicted molar refractivity (Wildman–Crippen MR) is 94.8 cm³/mol. The fraction of sp³-hybridized carbons (Fsp3) is 0.600. The zero-order valence-electron chi connectivity index (χ0n) is 13.9. The quantitative estimate of drug-likeness (QED) is 0.788. The van der Waals surface area contributed by atoms with Gasteiger partial charge in [0.1, 0.15) is 0 Å². The van der Waals surface area contributed by atoms with Crippen LogP contribution in [0.4, 0.5) is 0 Å². The highest BCUT2D eigenvalue weighted by Crippen LogP contribution is 2.33. The van der Waals surface area contributed by atoms with Crippen molar-refractivity contribution in [2.24, 2.45) is 0 Å². The summed E-state index contributed by atoms with van der Waals surface area (Å²) in [4.78, 5) is 3.42. The summed E-state index contributed by atoms with van der Waals surface area (Å²) < 4.78 is 0. The molecule has 1 aromatic carbocycles. The van der Waals surface area contributed by atoms with E-state index < -0.39 is 5.60 Å². The molecule has 1 unspecified atom stereocenters. The lowest BCUT2D eigenvalue weighted by Crippen LogP contribution is -2.24. The zero-order chi connectivity index (χ0) is 15.7.